The topological polar surface area (TPSA) is 12.5 Å². The summed E-state index contributed by atoms with van der Waals surface area (Å²) in [7, 11) is 0. The number of ether oxygens (including phenoxy) is 1. The Labute approximate surface area is 116 Å². The summed E-state index contributed by atoms with van der Waals surface area (Å²) in [5.41, 5.74) is 4.54. The van der Waals surface area contributed by atoms with E-state index in [0.29, 0.717) is 17.6 Å². The standard InChI is InChI=1S/C18H26O/c1-18-7-2-3-15(18)13-5-4-11-9-16-17(19-16)10-14(11)12(13)6-8-18/h11,13,15-17H,2-10H2,1H3/t11?,13-,15+,16?,17?,18?/m1/s1. The maximum atomic E-state index is 5.82. The Morgan fingerprint density at radius 2 is 2.00 bits per heavy atom. The molecular formula is C18H26O. The van der Waals surface area contributed by atoms with Crippen molar-refractivity contribution in [2.24, 2.45) is 23.2 Å². The Morgan fingerprint density at radius 1 is 1.05 bits per heavy atom. The van der Waals surface area contributed by atoms with Gasteiger partial charge in [-0.15, -0.1) is 0 Å². The van der Waals surface area contributed by atoms with Gasteiger partial charge >= 0.3 is 0 Å². The zero-order valence-corrected chi connectivity index (χ0v) is 12.2. The van der Waals surface area contributed by atoms with Crippen molar-refractivity contribution in [3.05, 3.63) is 11.1 Å². The molecular weight excluding hydrogens is 232 g/mol. The fraction of sp³-hybridized carbons (Fsp3) is 0.889. The summed E-state index contributed by atoms with van der Waals surface area (Å²) in [6, 6.07) is 0. The van der Waals surface area contributed by atoms with Crippen LogP contribution in [0.1, 0.15) is 64.7 Å². The van der Waals surface area contributed by atoms with Crippen LogP contribution < -0.4 is 0 Å². The van der Waals surface area contributed by atoms with Crippen LogP contribution in [0.25, 0.3) is 0 Å². The van der Waals surface area contributed by atoms with Gasteiger partial charge in [0.15, 0.2) is 0 Å². The Balaban J connectivity index is 1.53. The van der Waals surface area contributed by atoms with Crippen molar-refractivity contribution in [3.63, 3.8) is 0 Å². The van der Waals surface area contributed by atoms with Crippen LogP contribution in [0.2, 0.25) is 0 Å². The van der Waals surface area contributed by atoms with Crippen LogP contribution in [0.3, 0.4) is 0 Å². The molecule has 0 amide bonds. The molecule has 0 N–H and O–H groups in total. The fourth-order valence-corrected chi connectivity index (χ4v) is 6.32. The molecule has 1 heterocycles. The quantitative estimate of drug-likeness (QED) is 0.461. The molecule has 19 heavy (non-hydrogen) atoms. The molecule has 0 radical (unpaired) electrons. The van der Waals surface area contributed by atoms with E-state index in [4.69, 9.17) is 4.74 Å². The number of epoxide rings is 1. The molecule has 1 aliphatic heterocycles. The highest BCUT2D eigenvalue weighted by atomic mass is 16.6. The van der Waals surface area contributed by atoms with Crippen molar-refractivity contribution >= 4 is 0 Å². The molecule has 0 bridgehead atoms. The van der Waals surface area contributed by atoms with E-state index in [-0.39, 0.29) is 0 Å². The molecule has 4 fully saturated rings. The molecule has 104 valence electrons. The van der Waals surface area contributed by atoms with E-state index in [2.05, 4.69) is 6.92 Å². The highest BCUT2D eigenvalue weighted by Gasteiger charge is 2.52. The maximum Gasteiger partial charge on any atom is 0.0879 e. The first-order valence-electron chi connectivity index (χ1n) is 8.62. The molecule has 0 aromatic carbocycles. The normalized spacial score (nSPS) is 55.1. The molecule has 0 spiro atoms. The average Bonchev–Trinajstić information content (AvgIpc) is 3.05. The van der Waals surface area contributed by atoms with Crippen LogP contribution in [0.15, 0.2) is 11.1 Å². The summed E-state index contributed by atoms with van der Waals surface area (Å²) in [5, 5.41) is 0. The highest BCUT2D eigenvalue weighted by molar-refractivity contribution is 5.31. The third-order valence-electron chi connectivity index (χ3n) is 7.41. The van der Waals surface area contributed by atoms with Gasteiger partial charge in [0.1, 0.15) is 0 Å². The lowest BCUT2D eigenvalue weighted by molar-refractivity contribution is 0.108. The smallest absolute Gasteiger partial charge is 0.0879 e. The minimum atomic E-state index is 0.634. The number of hydrogen-bond acceptors (Lipinski definition) is 1. The molecule has 3 saturated carbocycles. The Kier molecular flexibility index (Phi) is 2.19. The lowest BCUT2D eigenvalue weighted by Crippen LogP contribution is -2.38. The molecule has 6 atom stereocenters. The van der Waals surface area contributed by atoms with E-state index in [0.717, 1.165) is 17.8 Å². The van der Waals surface area contributed by atoms with Crippen LogP contribution in [0.4, 0.5) is 0 Å². The van der Waals surface area contributed by atoms with Gasteiger partial charge in [-0.3, -0.25) is 0 Å². The van der Waals surface area contributed by atoms with Gasteiger partial charge in [-0.1, -0.05) is 24.5 Å². The van der Waals surface area contributed by atoms with Crippen molar-refractivity contribution in [1.82, 2.24) is 0 Å². The largest absolute Gasteiger partial charge is 0.369 e. The van der Waals surface area contributed by atoms with Crippen LogP contribution in [-0.2, 0) is 4.74 Å². The minimum Gasteiger partial charge on any atom is -0.369 e. The van der Waals surface area contributed by atoms with Gasteiger partial charge in [-0.25, -0.2) is 0 Å². The van der Waals surface area contributed by atoms with Crippen LogP contribution in [-0.4, -0.2) is 12.2 Å². The summed E-state index contributed by atoms with van der Waals surface area (Å²) < 4.78 is 5.82. The van der Waals surface area contributed by atoms with Crippen molar-refractivity contribution in [2.75, 3.05) is 0 Å². The van der Waals surface area contributed by atoms with Crippen LogP contribution in [0, 0.1) is 23.2 Å². The average molecular weight is 258 g/mol. The lowest BCUT2D eigenvalue weighted by Gasteiger charge is -2.48. The molecule has 0 aromatic rings. The summed E-state index contributed by atoms with van der Waals surface area (Å²) in [6.45, 7) is 2.60. The van der Waals surface area contributed by atoms with E-state index in [9.17, 15) is 0 Å². The van der Waals surface area contributed by atoms with Gasteiger partial charge in [0.25, 0.3) is 0 Å². The second-order valence-corrected chi connectivity index (χ2v) is 8.24. The van der Waals surface area contributed by atoms with Gasteiger partial charge in [0.2, 0.25) is 0 Å². The molecule has 1 saturated heterocycles. The third kappa shape index (κ3) is 1.51. The van der Waals surface area contributed by atoms with E-state index in [1.165, 1.54) is 57.8 Å². The molecule has 4 unspecified atom stereocenters. The zero-order valence-electron chi connectivity index (χ0n) is 12.2. The van der Waals surface area contributed by atoms with E-state index >= 15 is 0 Å². The second kappa shape index (κ2) is 3.67. The van der Waals surface area contributed by atoms with Crippen molar-refractivity contribution < 1.29 is 4.74 Å². The first kappa shape index (κ1) is 11.4. The number of fused-ring (bicyclic) bond motifs is 5. The molecule has 0 aromatic heterocycles. The van der Waals surface area contributed by atoms with Gasteiger partial charge in [-0.05, 0) is 74.5 Å². The monoisotopic (exact) mass is 258 g/mol. The van der Waals surface area contributed by atoms with E-state index in [1.807, 2.05) is 11.1 Å². The predicted molar refractivity (Wildman–Crippen MR) is 75.8 cm³/mol. The van der Waals surface area contributed by atoms with E-state index < -0.39 is 0 Å². The molecule has 1 nitrogen and oxygen atoms in total. The first-order valence-corrected chi connectivity index (χ1v) is 8.62. The maximum absolute atomic E-state index is 5.82. The summed E-state index contributed by atoms with van der Waals surface area (Å²) in [4.78, 5) is 0. The van der Waals surface area contributed by atoms with Crippen LogP contribution in [0.5, 0.6) is 0 Å². The second-order valence-electron chi connectivity index (χ2n) is 8.24. The van der Waals surface area contributed by atoms with E-state index in [1.54, 1.807) is 0 Å². The van der Waals surface area contributed by atoms with Crippen molar-refractivity contribution in [1.29, 1.82) is 0 Å². The van der Waals surface area contributed by atoms with Crippen molar-refractivity contribution in [3.8, 4) is 0 Å². The SMILES string of the molecule is CC12CCC[C@H]1[C@@H]1CCC3CC4OC4CC3=C1CC2. The number of rotatable bonds is 0. The van der Waals surface area contributed by atoms with Crippen molar-refractivity contribution in [2.45, 2.75) is 76.9 Å². The van der Waals surface area contributed by atoms with Gasteiger partial charge in [0.05, 0.1) is 12.2 Å². The molecule has 5 aliphatic rings. The van der Waals surface area contributed by atoms with Gasteiger partial charge < -0.3 is 4.74 Å². The summed E-state index contributed by atoms with van der Waals surface area (Å²) in [5.74, 6) is 2.92. The molecule has 4 aliphatic carbocycles. The Morgan fingerprint density at radius 3 is 2.95 bits per heavy atom. The number of hydrogen-bond donors (Lipinski definition) is 0. The first-order chi connectivity index (χ1) is 9.24. The molecule has 1 heteroatoms. The Hall–Kier alpha value is -0.300. The van der Waals surface area contributed by atoms with Gasteiger partial charge in [-0.2, -0.15) is 0 Å². The Bertz CT molecular complexity index is 451. The summed E-state index contributed by atoms with van der Waals surface area (Å²) in [6.07, 6.45) is 14.4. The van der Waals surface area contributed by atoms with Gasteiger partial charge in [0, 0.05) is 0 Å². The molecule has 5 rings (SSSR count). The lowest BCUT2D eigenvalue weighted by atomic mass is 9.56. The fourth-order valence-electron chi connectivity index (χ4n) is 6.32. The van der Waals surface area contributed by atoms with Crippen LogP contribution >= 0.6 is 0 Å². The highest BCUT2D eigenvalue weighted by Crippen LogP contribution is 2.61. The minimum absolute atomic E-state index is 0.634. The summed E-state index contributed by atoms with van der Waals surface area (Å²) >= 11 is 0. The number of allylic oxidation sites excluding steroid dienone is 1. The zero-order chi connectivity index (χ0) is 12.6. The third-order valence-corrected chi connectivity index (χ3v) is 7.41. The predicted octanol–water partition coefficient (Wildman–Crippen LogP) is 4.47.